The van der Waals surface area contributed by atoms with E-state index in [2.05, 4.69) is 5.32 Å². The van der Waals surface area contributed by atoms with Crippen LogP contribution in [0.1, 0.15) is 31.9 Å². The molecule has 0 unspecified atom stereocenters. The van der Waals surface area contributed by atoms with Crippen molar-refractivity contribution in [1.29, 1.82) is 0 Å². The SMILES string of the molecule is C[C@@H](NC(=O)OCc1ccccc1)C(=O)OC[C@H]1C(=O)N2[C@@H](C(=O)OCc3ccccc3)C(C)(C)S(=O)(=O)[C@H]12. The lowest BCUT2D eigenvalue weighted by Gasteiger charge is -2.42. The van der Waals surface area contributed by atoms with E-state index in [-0.39, 0.29) is 13.2 Å². The Labute approximate surface area is 226 Å². The van der Waals surface area contributed by atoms with Crippen molar-refractivity contribution in [1.82, 2.24) is 10.2 Å². The van der Waals surface area contributed by atoms with Crippen molar-refractivity contribution in [3.63, 3.8) is 0 Å². The van der Waals surface area contributed by atoms with Gasteiger partial charge in [-0.1, -0.05) is 60.7 Å². The number of nitrogens with zero attached hydrogens (tertiary/aromatic N) is 1. The third kappa shape index (κ3) is 5.47. The molecule has 0 aliphatic carbocycles. The van der Waals surface area contributed by atoms with Gasteiger partial charge < -0.3 is 24.4 Å². The van der Waals surface area contributed by atoms with Crippen molar-refractivity contribution < 1.29 is 41.8 Å². The number of carbonyl (C=O) groups excluding carboxylic acids is 4. The van der Waals surface area contributed by atoms with E-state index in [0.29, 0.717) is 5.56 Å². The molecular weight excluding hydrogens is 528 g/mol. The van der Waals surface area contributed by atoms with Crippen LogP contribution in [0.4, 0.5) is 4.79 Å². The second kappa shape index (κ2) is 11.0. The summed E-state index contributed by atoms with van der Waals surface area (Å²) < 4.78 is 40.6. The molecule has 0 aromatic heterocycles. The van der Waals surface area contributed by atoms with Gasteiger partial charge in [0.05, 0.1) is 4.75 Å². The van der Waals surface area contributed by atoms with Crippen LogP contribution in [0.25, 0.3) is 0 Å². The Morgan fingerprint density at radius 3 is 2.03 bits per heavy atom. The number of fused-ring (bicyclic) bond motifs is 1. The van der Waals surface area contributed by atoms with Crippen LogP contribution in [-0.2, 0) is 51.6 Å². The van der Waals surface area contributed by atoms with Crippen LogP contribution >= 0.6 is 0 Å². The van der Waals surface area contributed by atoms with Gasteiger partial charge in [-0.15, -0.1) is 0 Å². The Balaban J connectivity index is 1.33. The molecule has 4 rings (SSSR count). The predicted octanol–water partition coefficient (Wildman–Crippen LogP) is 1.95. The average Bonchev–Trinajstić information content (AvgIpc) is 3.06. The van der Waals surface area contributed by atoms with Gasteiger partial charge in [-0.3, -0.25) is 4.79 Å². The van der Waals surface area contributed by atoms with Gasteiger partial charge in [0, 0.05) is 0 Å². The van der Waals surface area contributed by atoms with Gasteiger partial charge >= 0.3 is 18.0 Å². The van der Waals surface area contributed by atoms with Crippen molar-refractivity contribution in [2.45, 2.75) is 56.2 Å². The summed E-state index contributed by atoms with van der Waals surface area (Å²) in [5, 5.41) is 1.00. The summed E-state index contributed by atoms with van der Waals surface area (Å²) in [5.74, 6) is -3.51. The molecule has 0 radical (unpaired) electrons. The maximum atomic E-state index is 13.3. The van der Waals surface area contributed by atoms with Gasteiger partial charge in [-0.2, -0.15) is 0 Å². The van der Waals surface area contributed by atoms with E-state index in [4.69, 9.17) is 14.2 Å². The fourth-order valence-corrected chi connectivity index (χ4v) is 6.94. The number of amides is 2. The van der Waals surface area contributed by atoms with Gasteiger partial charge in [0.25, 0.3) is 0 Å². The van der Waals surface area contributed by atoms with Gasteiger partial charge in [-0.05, 0) is 31.9 Å². The van der Waals surface area contributed by atoms with Gasteiger partial charge in [0.1, 0.15) is 37.8 Å². The summed E-state index contributed by atoms with van der Waals surface area (Å²) in [4.78, 5) is 51.4. The van der Waals surface area contributed by atoms with Crippen molar-refractivity contribution in [2.24, 2.45) is 5.92 Å². The predicted molar refractivity (Wildman–Crippen MR) is 137 cm³/mol. The highest BCUT2D eigenvalue weighted by Crippen LogP contribution is 2.49. The minimum Gasteiger partial charge on any atom is -0.463 e. The summed E-state index contributed by atoms with van der Waals surface area (Å²) in [5.41, 5.74) is 1.48. The smallest absolute Gasteiger partial charge is 0.408 e. The number of esters is 2. The van der Waals surface area contributed by atoms with Crippen LogP contribution in [0, 0.1) is 5.92 Å². The number of alkyl carbamates (subject to hydrolysis) is 1. The Bertz CT molecular complexity index is 1350. The number of ether oxygens (including phenoxy) is 3. The summed E-state index contributed by atoms with van der Waals surface area (Å²) >= 11 is 0. The largest absolute Gasteiger partial charge is 0.463 e. The van der Waals surface area contributed by atoms with Crippen LogP contribution in [0.15, 0.2) is 60.7 Å². The molecule has 2 aliphatic heterocycles. The zero-order chi connectivity index (χ0) is 28.4. The molecule has 12 heteroatoms. The molecular formula is C27H30N2O9S. The zero-order valence-corrected chi connectivity index (χ0v) is 22.6. The molecule has 2 aliphatic rings. The van der Waals surface area contributed by atoms with E-state index in [1.807, 2.05) is 12.1 Å². The third-order valence-corrected chi connectivity index (χ3v) is 9.81. The van der Waals surface area contributed by atoms with E-state index >= 15 is 0 Å². The molecule has 4 atom stereocenters. The molecule has 2 aromatic rings. The van der Waals surface area contributed by atoms with E-state index in [9.17, 15) is 27.6 Å². The van der Waals surface area contributed by atoms with Crippen LogP contribution in [0.2, 0.25) is 0 Å². The molecule has 1 N–H and O–H groups in total. The third-order valence-electron chi connectivity index (χ3n) is 6.93. The highest BCUT2D eigenvalue weighted by atomic mass is 32.2. The van der Waals surface area contributed by atoms with Crippen LogP contribution < -0.4 is 5.32 Å². The number of rotatable bonds is 9. The molecule has 39 heavy (non-hydrogen) atoms. The fraction of sp³-hybridized carbons (Fsp3) is 0.407. The quantitative estimate of drug-likeness (QED) is 0.277. The Hall–Kier alpha value is -3.93. The number of β-lactam (4-membered cyclic amide) rings is 1. The molecule has 2 aromatic carbocycles. The molecule has 0 spiro atoms. The maximum Gasteiger partial charge on any atom is 0.408 e. The standard InChI is InChI=1S/C27H30N2O9S/c1-17(28-26(33)38-15-19-12-8-5-9-13-19)24(31)37-16-20-22(30)29-21(27(2,3)39(34,35)23(20)29)25(32)36-14-18-10-6-4-7-11-18/h4-13,17,20-21,23H,14-16H2,1-3H3,(H,28,33)/t17-,20+,21+,23-/m1/s1. The monoisotopic (exact) mass is 558 g/mol. The van der Waals surface area contributed by atoms with Gasteiger partial charge in [-0.25, -0.2) is 22.8 Å². The van der Waals surface area contributed by atoms with Crippen LogP contribution in [-0.4, -0.2) is 66.1 Å². The van der Waals surface area contributed by atoms with Crippen LogP contribution in [0.3, 0.4) is 0 Å². The first-order valence-corrected chi connectivity index (χ1v) is 13.9. The Kier molecular flexibility index (Phi) is 7.96. The van der Waals surface area contributed by atoms with E-state index < -0.39 is 68.5 Å². The number of hydrogen-bond acceptors (Lipinski definition) is 9. The zero-order valence-electron chi connectivity index (χ0n) is 21.7. The Morgan fingerprint density at radius 2 is 1.46 bits per heavy atom. The number of hydrogen-bond donors (Lipinski definition) is 1. The molecule has 208 valence electrons. The van der Waals surface area contributed by atoms with Crippen molar-refractivity contribution >= 4 is 33.8 Å². The second-order valence-electron chi connectivity index (χ2n) is 9.94. The van der Waals surface area contributed by atoms with Crippen LogP contribution in [0.5, 0.6) is 0 Å². The van der Waals surface area contributed by atoms with E-state index in [1.165, 1.54) is 20.8 Å². The highest BCUT2D eigenvalue weighted by Gasteiger charge is 2.72. The number of carbonyl (C=O) groups is 4. The summed E-state index contributed by atoms with van der Waals surface area (Å²) in [6.07, 6.45) is -0.842. The van der Waals surface area contributed by atoms with Gasteiger partial charge in [0.2, 0.25) is 5.91 Å². The summed E-state index contributed by atoms with van der Waals surface area (Å²) in [6, 6.07) is 15.4. The minimum atomic E-state index is -4.02. The lowest BCUT2D eigenvalue weighted by Crippen LogP contribution is -2.65. The first kappa shape index (κ1) is 28.1. The molecule has 2 saturated heterocycles. The van der Waals surface area contributed by atoms with Crippen molar-refractivity contribution in [3.8, 4) is 0 Å². The van der Waals surface area contributed by atoms with E-state index in [1.54, 1.807) is 48.5 Å². The maximum absolute atomic E-state index is 13.3. The van der Waals surface area contributed by atoms with E-state index in [0.717, 1.165) is 10.5 Å². The molecule has 11 nitrogen and oxygen atoms in total. The summed E-state index contributed by atoms with van der Waals surface area (Å²) in [6.45, 7) is 3.53. The lowest BCUT2D eigenvalue weighted by molar-refractivity contribution is -0.172. The summed E-state index contributed by atoms with van der Waals surface area (Å²) in [7, 11) is -4.02. The average molecular weight is 559 g/mol. The fourth-order valence-electron chi connectivity index (χ4n) is 4.65. The number of benzene rings is 2. The second-order valence-corrected chi connectivity index (χ2v) is 12.6. The number of sulfone groups is 1. The minimum absolute atomic E-state index is 0.00509. The molecule has 2 heterocycles. The normalized spacial score (nSPS) is 23.1. The molecule has 2 fully saturated rings. The molecule has 0 saturated carbocycles. The first-order chi connectivity index (χ1) is 18.4. The van der Waals surface area contributed by atoms with Gasteiger partial charge in [0.15, 0.2) is 15.2 Å². The Morgan fingerprint density at radius 1 is 0.923 bits per heavy atom. The van der Waals surface area contributed by atoms with Crippen molar-refractivity contribution in [2.75, 3.05) is 6.61 Å². The lowest BCUT2D eigenvalue weighted by atomic mass is 9.92. The van der Waals surface area contributed by atoms with Crippen molar-refractivity contribution in [3.05, 3.63) is 71.8 Å². The highest BCUT2D eigenvalue weighted by molar-refractivity contribution is 7.93. The molecule has 2 amide bonds. The number of nitrogens with one attached hydrogen (secondary N) is 1. The topological polar surface area (TPSA) is 145 Å². The molecule has 0 bridgehead atoms. The first-order valence-electron chi connectivity index (χ1n) is 12.3.